The Morgan fingerprint density at radius 2 is 1.40 bits per heavy atom. The number of hydrogen-bond donors (Lipinski definition) is 2. The van der Waals surface area contributed by atoms with Crippen LogP contribution in [0.1, 0.15) is 38.8 Å². The molecule has 0 saturated carbocycles. The highest BCUT2D eigenvalue weighted by atomic mass is 16.3. The van der Waals surface area contributed by atoms with E-state index < -0.39 is 5.54 Å². The molecule has 0 bridgehead atoms. The molecular weight excluding hydrogens is 186 g/mol. The number of hydrogen-bond acceptors (Lipinski definition) is 2. The van der Waals surface area contributed by atoms with E-state index in [1.807, 2.05) is 19.1 Å². The molecule has 0 heterocycles. The van der Waals surface area contributed by atoms with Crippen LogP contribution in [0.15, 0.2) is 24.3 Å². The van der Waals surface area contributed by atoms with Crippen molar-refractivity contribution in [3.8, 4) is 0 Å². The first-order valence-electron chi connectivity index (χ1n) is 5.28. The smallest absolute Gasteiger partial charge is 0.0650 e. The molecule has 1 atom stereocenters. The summed E-state index contributed by atoms with van der Waals surface area (Å²) in [6, 6.07) is 8.15. The van der Waals surface area contributed by atoms with Crippen LogP contribution in [0.25, 0.3) is 0 Å². The minimum atomic E-state index is -0.642. The summed E-state index contributed by atoms with van der Waals surface area (Å²) in [6.07, 6.45) is 0. The second-order valence-electron chi connectivity index (χ2n) is 5.40. The van der Waals surface area contributed by atoms with Gasteiger partial charge in [0.25, 0.3) is 0 Å². The SMILES string of the molecule is CC(C)(C)c1ccc(C(C)(N)CO)cc1. The van der Waals surface area contributed by atoms with Gasteiger partial charge in [-0.25, -0.2) is 0 Å². The second kappa shape index (κ2) is 3.95. The Balaban J connectivity index is 3.01. The molecule has 0 radical (unpaired) electrons. The maximum absolute atomic E-state index is 9.15. The van der Waals surface area contributed by atoms with E-state index in [1.165, 1.54) is 5.56 Å². The Bertz CT molecular complexity index is 319. The predicted octanol–water partition coefficient (Wildman–Crippen LogP) is 2.15. The summed E-state index contributed by atoms with van der Waals surface area (Å²) in [5, 5.41) is 9.15. The molecule has 1 aromatic carbocycles. The Morgan fingerprint density at radius 3 is 1.73 bits per heavy atom. The Morgan fingerprint density at radius 1 is 1.00 bits per heavy atom. The number of nitrogens with two attached hydrogens (primary N) is 1. The van der Waals surface area contributed by atoms with Crippen molar-refractivity contribution in [3.05, 3.63) is 35.4 Å². The quantitative estimate of drug-likeness (QED) is 0.780. The molecule has 15 heavy (non-hydrogen) atoms. The van der Waals surface area contributed by atoms with E-state index in [2.05, 4.69) is 32.9 Å². The summed E-state index contributed by atoms with van der Waals surface area (Å²) in [6.45, 7) is 8.32. The van der Waals surface area contributed by atoms with Crippen LogP contribution >= 0.6 is 0 Å². The summed E-state index contributed by atoms with van der Waals surface area (Å²) in [7, 11) is 0. The van der Waals surface area contributed by atoms with Crippen LogP contribution in [0, 0.1) is 0 Å². The highest BCUT2D eigenvalue weighted by Gasteiger charge is 2.20. The summed E-state index contributed by atoms with van der Waals surface area (Å²) < 4.78 is 0. The first-order valence-corrected chi connectivity index (χ1v) is 5.28. The van der Waals surface area contributed by atoms with Crippen LogP contribution in [0.5, 0.6) is 0 Å². The molecule has 0 fully saturated rings. The maximum Gasteiger partial charge on any atom is 0.0650 e. The second-order valence-corrected chi connectivity index (χ2v) is 5.40. The fourth-order valence-electron chi connectivity index (χ4n) is 1.44. The lowest BCUT2D eigenvalue weighted by Crippen LogP contribution is -2.36. The van der Waals surface area contributed by atoms with Crippen LogP contribution in [-0.4, -0.2) is 11.7 Å². The first-order chi connectivity index (χ1) is 6.77. The van der Waals surface area contributed by atoms with Gasteiger partial charge in [-0.3, -0.25) is 0 Å². The summed E-state index contributed by atoms with van der Waals surface area (Å²) in [5.41, 5.74) is 7.71. The van der Waals surface area contributed by atoms with Gasteiger partial charge in [0.2, 0.25) is 0 Å². The van der Waals surface area contributed by atoms with Crippen molar-refractivity contribution >= 4 is 0 Å². The highest BCUT2D eigenvalue weighted by molar-refractivity contribution is 5.31. The third kappa shape index (κ3) is 2.80. The third-order valence-corrected chi connectivity index (χ3v) is 2.74. The number of rotatable bonds is 2. The molecular formula is C13H21NO. The van der Waals surface area contributed by atoms with Gasteiger partial charge < -0.3 is 10.8 Å². The number of benzene rings is 1. The van der Waals surface area contributed by atoms with Gasteiger partial charge in [0.05, 0.1) is 12.1 Å². The van der Waals surface area contributed by atoms with Gasteiger partial charge in [-0.15, -0.1) is 0 Å². The lowest BCUT2D eigenvalue weighted by atomic mass is 9.84. The molecule has 0 aromatic heterocycles. The lowest BCUT2D eigenvalue weighted by Gasteiger charge is -2.24. The molecule has 0 aliphatic rings. The zero-order chi connectivity index (χ0) is 11.7. The summed E-state index contributed by atoms with van der Waals surface area (Å²) in [5.74, 6) is 0. The van der Waals surface area contributed by atoms with Crippen LogP contribution < -0.4 is 5.73 Å². The predicted molar refractivity (Wildman–Crippen MR) is 63.8 cm³/mol. The molecule has 2 heteroatoms. The van der Waals surface area contributed by atoms with Crippen molar-refractivity contribution in [2.45, 2.75) is 38.6 Å². The molecule has 0 saturated heterocycles. The summed E-state index contributed by atoms with van der Waals surface area (Å²) >= 11 is 0. The standard InChI is InChI=1S/C13H21NO/c1-12(2,3)10-5-7-11(8-6-10)13(4,14)9-15/h5-8,15H,9,14H2,1-4H3. The van der Waals surface area contributed by atoms with E-state index in [0.29, 0.717) is 0 Å². The normalized spacial score (nSPS) is 16.1. The molecule has 0 aliphatic carbocycles. The fraction of sp³-hybridized carbons (Fsp3) is 0.538. The fourth-order valence-corrected chi connectivity index (χ4v) is 1.44. The van der Waals surface area contributed by atoms with E-state index >= 15 is 0 Å². The van der Waals surface area contributed by atoms with E-state index in [-0.39, 0.29) is 12.0 Å². The average Bonchev–Trinajstić information content (AvgIpc) is 2.17. The molecule has 0 spiro atoms. The van der Waals surface area contributed by atoms with Crippen molar-refractivity contribution in [3.63, 3.8) is 0 Å². The molecule has 1 rings (SSSR count). The monoisotopic (exact) mass is 207 g/mol. The molecule has 0 amide bonds. The van der Waals surface area contributed by atoms with Crippen molar-refractivity contribution in [1.29, 1.82) is 0 Å². The topological polar surface area (TPSA) is 46.2 Å². The summed E-state index contributed by atoms with van der Waals surface area (Å²) in [4.78, 5) is 0. The van der Waals surface area contributed by atoms with Crippen molar-refractivity contribution in [2.24, 2.45) is 5.73 Å². The lowest BCUT2D eigenvalue weighted by molar-refractivity contribution is 0.210. The van der Waals surface area contributed by atoms with Gasteiger partial charge in [-0.05, 0) is 23.5 Å². The third-order valence-electron chi connectivity index (χ3n) is 2.74. The van der Waals surface area contributed by atoms with Gasteiger partial charge in [0.1, 0.15) is 0 Å². The average molecular weight is 207 g/mol. The van der Waals surface area contributed by atoms with Crippen LogP contribution in [0.2, 0.25) is 0 Å². The van der Waals surface area contributed by atoms with Crippen LogP contribution in [-0.2, 0) is 11.0 Å². The van der Waals surface area contributed by atoms with Gasteiger partial charge in [-0.2, -0.15) is 0 Å². The van der Waals surface area contributed by atoms with Crippen molar-refractivity contribution in [2.75, 3.05) is 6.61 Å². The highest BCUT2D eigenvalue weighted by Crippen LogP contribution is 2.24. The zero-order valence-electron chi connectivity index (χ0n) is 10.0. The van der Waals surface area contributed by atoms with Gasteiger partial charge in [0.15, 0.2) is 0 Å². The Labute approximate surface area is 92.1 Å². The molecule has 84 valence electrons. The van der Waals surface area contributed by atoms with E-state index in [4.69, 9.17) is 10.8 Å². The first kappa shape index (κ1) is 12.2. The van der Waals surface area contributed by atoms with Crippen LogP contribution in [0.4, 0.5) is 0 Å². The Kier molecular flexibility index (Phi) is 3.22. The molecule has 0 aliphatic heterocycles. The molecule has 1 unspecified atom stereocenters. The minimum Gasteiger partial charge on any atom is -0.394 e. The largest absolute Gasteiger partial charge is 0.394 e. The maximum atomic E-state index is 9.15. The minimum absolute atomic E-state index is 0.0398. The molecule has 2 nitrogen and oxygen atoms in total. The Hall–Kier alpha value is -0.860. The number of aliphatic hydroxyl groups is 1. The van der Waals surface area contributed by atoms with Gasteiger partial charge in [0, 0.05) is 0 Å². The van der Waals surface area contributed by atoms with Crippen molar-refractivity contribution < 1.29 is 5.11 Å². The number of aliphatic hydroxyl groups excluding tert-OH is 1. The van der Waals surface area contributed by atoms with Crippen LogP contribution in [0.3, 0.4) is 0 Å². The van der Waals surface area contributed by atoms with E-state index in [1.54, 1.807) is 0 Å². The zero-order valence-corrected chi connectivity index (χ0v) is 10.0. The van der Waals surface area contributed by atoms with Gasteiger partial charge >= 0.3 is 0 Å². The van der Waals surface area contributed by atoms with E-state index in [0.717, 1.165) is 5.56 Å². The van der Waals surface area contributed by atoms with Crippen molar-refractivity contribution in [1.82, 2.24) is 0 Å². The van der Waals surface area contributed by atoms with E-state index in [9.17, 15) is 0 Å². The molecule has 1 aromatic rings. The molecule has 3 N–H and O–H groups in total. The van der Waals surface area contributed by atoms with Gasteiger partial charge in [-0.1, -0.05) is 45.0 Å².